The molecule has 4 aliphatic carbocycles. The van der Waals surface area contributed by atoms with Crippen LogP contribution in [0.4, 0.5) is 0 Å². The van der Waals surface area contributed by atoms with E-state index in [-0.39, 0.29) is 7.43 Å². The molecule has 4 fully saturated rings. The van der Waals surface area contributed by atoms with Crippen LogP contribution in [0.15, 0.2) is 23.8 Å². The van der Waals surface area contributed by atoms with Crippen molar-refractivity contribution in [3.05, 3.63) is 23.8 Å². The Hall–Kier alpha value is -0.520. The molecular formula is C24H44. The van der Waals surface area contributed by atoms with Crippen molar-refractivity contribution in [1.29, 1.82) is 0 Å². The van der Waals surface area contributed by atoms with E-state index in [2.05, 4.69) is 19.6 Å². The molecule has 0 heteroatoms. The Morgan fingerprint density at radius 2 is 1.75 bits per heavy atom. The minimum Gasteiger partial charge on any atom is -0.0993 e. The van der Waals surface area contributed by atoms with Gasteiger partial charge in [-0.1, -0.05) is 65.8 Å². The first-order valence-electron chi connectivity index (χ1n) is 10.6. The van der Waals surface area contributed by atoms with Gasteiger partial charge in [0.2, 0.25) is 0 Å². The second-order valence-electron chi connectivity index (χ2n) is 7.90. The molecular weight excluding hydrogens is 288 g/mol. The first-order valence-corrected chi connectivity index (χ1v) is 10.6. The first-order chi connectivity index (χ1) is 11.2. The summed E-state index contributed by atoms with van der Waals surface area (Å²) in [7, 11) is 0. The lowest BCUT2D eigenvalue weighted by molar-refractivity contribution is 0.291. The third kappa shape index (κ3) is 3.83. The van der Waals surface area contributed by atoms with Crippen LogP contribution in [0.5, 0.6) is 0 Å². The molecule has 5 atom stereocenters. The molecule has 0 amide bonds. The molecule has 0 N–H and O–H groups in total. The minimum absolute atomic E-state index is 0. The summed E-state index contributed by atoms with van der Waals surface area (Å²) in [5.41, 5.74) is 4.02. The number of rotatable bonds is 2. The summed E-state index contributed by atoms with van der Waals surface area (Å²) in [6.45, 7) is 14.9. The topological polar surface area (TPSA) is 0 Å². The Kier molecular flexibility index (Phi) is 8.30. The van der Waals surface area contributed by atoms with Crippen molar-refractivity contribution in [2.75, 3.05) is 0 Å². The lowest BCUT2D eigenvalue weighted by Gasteiger charge is -2.31. The normalized spacial score (nSPS) is 40.4. The minimum atomic E-state index is 0. The molecule has 0 aromatic heterocycles. The summed E-state index contributed by atoms with van der Waals surface area (Å²) in [4.78, 5) is 0. The Morgan fingerprint density at radius 3 is 2.33 bits per heavy atom. The Labute approximate surface area is 153 Å². The van der Waals surface area contributed by atoms with Crippen molar-refractivity contribution in [1.82, 2.24) is 0 Å². The van der Waals surface area contributed by atoms with Crippen molar-refractivity contribution < 1.29 is 0 Å². The third-order valence-electron chi connectivity index (χ3n) is 7.12. The predicted molar refractivity (Wildman–Crippen MR) is 110 cm³/mol. The molecule has 0 nitrogen and oxygen atoms in total. The van der Waals surface area contributed by atoms with E-state index in [1.54, 1.807) is 5.57 Å². The second-order valence-corrected chi connectivity index (χ2v) is 7.90. The average Bonchev–Trinajstić information content (AvgIpc) is 3.08. The van der Waals surface area contributed by atoms with E-state index in [1.165, 1.54) is 57.8 Å². The highest BCUT2D eigenvalue weighted by atomic mass is 14.6. The summed E-state index contributed by atoms with van der Waals surface area (Å²) < 4.78 is 0. The summed E-state index contributed by atoms with van der Waals surface area (Å²) in [6, 6.07) is 0. The van der Waals surface area contributed by atoms with E-state index >= 15 is 0 Å². The van der Waals surface area contributed by atoms with Gasteiger partial charge in [0, 0.05) is 0 Å². The van der Waals surface area contributed by atoms with E-state index in [4.69, 9.17) is 0 Å². The molecule has 0 radical (unpaired) electrons. The highest BCUT2D eigenvalue weighted by molar-refractivity contribution is 5.31. The van der Waals surface area contributed by atoms with Gasteiger partial charge in [-0.25, -0.2) is 0 Å². The van der Waals surface area contributed by atoms with Gasteiger partial charge < -0.3 is 0 Å². The van der Waals surface area contributed by atoms with E-state index in [9.17, 15) is 0 Å². The zero-order valence-electron chi connectivity index (χ0n) is 16.5. The number of allylic oxidation sites excluding steroid dienone is 3. The molecule has 0 spiro atoms. The molecule has 4 aliphatic rings. The lowest BCUT2D eigenvalue weighted by Crippen LogP contribution is -2.20. The van der Waals surface area contributed by atoms with Crippen LogP contribution in [0, 0.1) is 29.1 Å². The van der Waals surface area contributed by atoms with Gasteiger partial charge in [0.15, 0.2) is 0 Å². The van der Waals surface area contributed by atoms with E-state index in [1.807, 2.05) is 33.3 Å². The molecule has 24 heavy (non-hydrogen) atoms. The maximum atomic E-state index is 4.36. The quantitative estimate of drug-likeness (QED) is 0.447. The maximum absolute atomic E-state index is 4.36. The highest BCUT2D eigenvalue weighted by Crippen LogP contribution is 2.68. The van der Waals surface area contributed by atoms with Crippen LogP contribution in [-0.2, 0) is 0 Å². The van der Waals surface area contributed by atoms with Gasteiger partial charge in [0.1, 0.15) is 0 Å². The average molecular weight is 333 g/mol. The number of fused-ring (bicyclic) bond motifs is 2. The molecule has 0 heterocycles. The SMILES string of the molecule is C.C=C1CCC2CC12C/C=C1\CCCC2C(C)CCC12.CC.CC. The van der Waals surface area contributed by atoms with Gasteiger partial charge in [-0.15, -0.1) is 0 Å². The van der Waals surface area contributed by atoms with Crippen LogP contribution >= 0.6 is 0 Å². The lowest BCUT2D eigenvalue weighted by atomic mass is 9.74. The summed E-state index contributed by atoms with van der Waals surface area (Å²) in [5, 5.41) is 0. The number of hydrogen-bond acceptors (Lipinski definition) is 0. The molecule has 0 aromatic carbocycles. The molecule has 0 aliphatic heterocycles. The molecule has 5 unspecified atom stereocenters. The van der Waals surface area contributed by atoms with E-state index < -0.39 is 0 Å². The fourth-order valence-electron chi connectivity index (χ4n) is 5.69. The van der Waals surface area contributed by atoms with Gasteiger partial charge in [-0.2, -0.15) is 0 Å². The zero-order chi connectivity index (χ0) is 17.0. The molecule has 4 saturated carbocycles. The van der Waals surface area contributed by atoms with Gasteiger partial charge >= 0.3 is 0 Å². The molecule has 140 valence electrons. The third-order valence-corrected chi connectivity index (χ3v) is 7.12. The highest BCUT2D eigenvalue weighted by Gasteiger charge is 2.58. The van der Waals surface area contributed by atoms with Crippen molar-refractivity contribution in [2.24, 2.45) is 29.1 Å². The van der Waals surface area contributed by atoms with Crippen molar-refractivity contribution >= 4 is 0 Å². The van der Waals surface area contributed by atoms with Gasteiger partial charge in [-0.05, 0) is 86.9 Å². The van der Waals surface area contributed by atoms with Crippen LogP contribution < -0.4 is 0 Å². The first kappa shape index (κ1) is 21.5. The molecule has 0 bridgehead atoms. The van der Waals surface area contributed by atoms with Crippen molar-refractivity contribution in [2.45, 2.75) is 99.8 Å². The summed E-state index contributed by atoms with van der Waals surface area (Å²) >= 11 is 0. The Balaban J connectivity index is 0.000000539. The largest absolute Gasteiger partial charge is 0.0993 e. The Bertz CT molecular complexity index is 429. The summed E-state index contributed by atoms with van der Waals surface area (Å²) in [6.07, 6.45) is 15.6. The van der Waals surface area contributed by atoms with Gasteiger partial charge in [0.05, 0.1) is 0 Å². The maximum Gasteiger partial charge on any atom is -0.00246 e. The van der Waals surface area contributed by atoms with Crippen LogP contribution in [0.2, 0.25) is 0 Å². The smallest absolute Gasteiger partial charge is 0.00246 e. The predicted octanol–water partition coefficient (Wildman–Crippen LogP) is 8.19. The summed E-state index contributed by atoms with van der Waals surface area (Å²) in [5.74, 6) is 3.99. The molecule has 4 rings (SSSR count). The van der Waals surface area contributed by atoms with Crippen molar-refractivity contribution in [3.63, 3.8) is 0 Å². The zero-order valence-corrected chi connectivity index (χ0v) is 16.5. The van der Waals surface area contributed by atoms with Crippen LogP contribution in [0.3, 0.4) is 0 Å². The van der Waals surface area contributed by atoms with Gasteiger partial charge in [-0.3, -0.25) is 0 Å². The fraction of sp³-hybridized carbons (Fsp3) is 0.833. The molecule has 0 aromatic rings. The number of hydrogen-bond donors (Lipinski definition) is 0. The van der Waals surface area contributed by atoms with Crippen LogP contribution in [0.1, 0.15) is 99.8 Å². The van der Waals surface area contributed by atoms with Crippen LogP contribution in [-0.4, -0.2) is 0 Å². The van der Waals surface area contributed by atoms with E-state index in [0.29, 0.717) is 5.41 Å². The standard InChI is InChI=1S/C19H28.2C2H6.CH4/c1-13-6-9-18-15(4-3-5-17(13)18)10-11-19-12-16(19)8-7-14(19)2;2*1-2;/h10,13,16-18H,2-9,11-12H2,1H3;2*1-2H3;1H4/b15-10+;;;. The second kappa shape index (κ2) is 9.25. The van der Waals surface area contributed by atoms with E-state index in [0.717, 1.165) is 23.7 Å². The van der Waals surface area contributed by atoms with Crippen molar-refractivity contribution in [3.8, 4) is 0 Å². The Morgan fingerprint density at radius 1 is 1.04 bits per heavy atom. The monoisotopic (exact) mass is 332 g/mol. The molecule has 0 saturated heterocycles. The van der Waals surface area contributed by atoms with Gasteiger partial charge in [0.25, 0.3) is 0 Å². The van der Waals surface area contributed by atoms with Crippen LogP contribution in [0.25, 0.3) is 0 Å². The fourth-order valence-corrected chi connectivity index (χ4v) is 5.69.